The van der Waals surface area contributed by atoms with E-state index < -0.39 is 0 Å². The van der Waals surface area contributed by atoms with Crippen LogP contribution >= 0.6 is 0 Å². The summed E-state index contributed by atoms with van der Waals surface area (Å²) in [5.74, 6) is 1.06. The number of methoxy groups -OCH3 is 1. The van der Waals surface area contributed by atoms with Gasteiger partial charge in [-0.2, -0.15) is 0 Å². The van der Waals surface area contributed by atoms with Gasteiger partial charge in [0.1, 0.15) is 0 Å². The van der Waals surface area contributed by atoms with Crippen molar-refractivity contribution < 1.29 is 9.53 Å². The van der Waals surface area contributed by atoms with E-state index in [1.54, 1.807) is 0 Å². The smallest absolute Gasteiger partial charge is 0.310 e. The lowest BCUT2D eigenvalue weighted by Crippen LogP contribution is -2.51. The fraction of sp³-hybridized carbons (Fsp3) is 0.909. The highest BCUT2D eigenvalue weighted by Gasteiger charge is 2.61. The van der Waals surface area contributed by atoms with Crippen molar-refractivity contribution in [2.45, 2.75) is 25.9 Å². The summed E-state index contributed by atoms with van der Waals surface area (Å²) in [5, 5.41) is 0. The van der Waals surface area contributed by atoms with E-state index in [4.69, 9.17) is 16.2 Å². The van der Waals surface area contributed by atoms with Crippen LogP contribution in [0.1, 0.15) is 13.8 Å². The number of rotatable bonds is 1. The number of hydrogen-bond donors (Lipinski definition) is 2. The standard InChI is InChI=1S/C11H20N2O2/c1-4-6-5(2)9(12)7(4)10(13)8(6)11(14)15-3/h4-10H,12-13H2,1-3H3/t4?,5-,6?,7?,8-,9+,10+/m0/s1. The number of ether oxygens (including phenoxy) is 1. The lowest BCUT2D eigenvalue weighted by atomic mass is 9.76. The monoisotopic (exact) mass is 212 g/mol. The van der Waals surface area contributed by atoms with Crippen molar-refractivity contribution in [3.63, 3.8) is 0 Å². The first-order valence-electron chi connectivity index (χ1n) is 5.59. The molecule has 86 valence electrons. The summed E-state index contributed by atoms with van der Waals surface area (Å²) in [6.07, 6.45) is 0. The molecule has 0 amide bonds. The molecule has 0 aromatic rings. The van der Waals surface area contributed by atoms with Crippen molar-refractivity contribution in [2.24, 2.45) is 41.1 Å². The van der Waals surface area contributed by atoms with E-state index in [0.29, 0.717) is 17.8 Å². The Bertz CT molecular complexity index is 282. The van der Waals surface area contributed by atoms with E-state index in [0.717, 1.165) is 0 Å². The Labute approximate surface area is 90.3 Å². The van der Waals surface area contributed by atoms with Crippen LogP contribution < -0.4 is 11.5 Å². The third-order valence-electron chi connectivity index (χ3n) is 4.62. The molecule has 0 saturated heterocycles. The molecule has 2 fully saturated rings. The van der Waals surface area contributed by atoms with Crippen LogP contribution in [0.15, 0.2) is 0 Å². The Kier molecular flexibility index (Phi) is 2.51. The summed E-state index contributed by atoms with van der Waals surface area (Å²) in [5.41, 5.74) is 12.2. The average Bonchev–Trinajstić information content (AvgIpc) is 2.57. The lowest BCUT2D eigenvalue weighted by molar-refractivity contribution is -0.148. The third kappa shape index (κ3) is 1.24. The van der Waals surface area contributed by atoms with E-state index >= 15 is 0 Å². The minimum Gasteiger partial charge on any atom is -0.469 e. The first kappa shape index (κ1) is 10.9. The van der Waals surface area contributed by atoms with Crippen LogP contribution in [0, 0.1) is 29.6 Å². The highest BCUT2D eigenvalue weighted by molar-refractivity contribution is 5.74. The third-order valence-corrected chi connectivity index (χ3v) is 4.62. The largest absolute Gasteiger partial charge is 0.469 e. The zero-order valence-corrected chi connectivity index (χ0v) is 9.51. The van der Waals surface area contributed by atoms with Crippen molar-refractivity contribution in [3.8, 4) is 0 Å². The fourth-order valence-electron chi connectivity index (χ4n) is 3.90. The van der Waals surface area contributed by atoms with Crippen LogP contribution in [0.25, 0.3) is 0 Å². The number of carbonyl (C=O) groups is 1. The van der Waals surface area contributed by atoms with Gasteiger partial charge in [0.2, 0.25) is 0 Å². The number of carbonyl (C=O) groups excluding carboxylic acids is 1. The summed E-state index contributed by atoms with van der Waals surface area (Å²) in [6, 6.07) is 0.0181. The Morgan fingerprint density at radius 1 is 1.07 bits per heavy atom. The molecule has 0 aromatic heterocycles. The van der Waals surface area contributed by atoms with E-state index in [1.165, 1.54) is 7.11 Å². The van der Waals surface area contributed by atoms with Crippen LogP contribution in [-0.4, -0.2) is 25.2 Å². The quantitative estimate of drug-likeness (QED) is 0.598. The fourth-order valence-corrected chi connectivity index (χ4v) is 3.90. The molecule has 2 aliphatic rings. The molecular weight excluding hydrogens is 192 g/mol. The molecule has 0 aliphatic heterocycles. The molecule has 15 heavy (non-hydrogen) atoms. The second-order valence-electron chi connectivity index (χ2n) is 5.08. The van der Waals surface area contributed by atoms with Gasteiger partial charge < -0.3 is 16.2 Å². The molecule has 7 atom stereocenters. The molecular formula is C11H20N2O2. The molecule has 3 unspecified atom stereocenters. The number of hydrogen-bond acceptors (Lipinski definition) is 4. The lowest BCUT2D eigenvalue weighted by Gasteiger charge is -2.34. The molecule has 4 heteroatoms. The molecule has 2 aliphatic carbocycles. The molecule has 2 rings (SSSR count). The minimum absolute atomic E-state index is 0.122. The Morgan fingerprint density at radius 2 is 1.67 bits per heavy atom. The minimum atomic E-state index is -0.166. The van der Waals surface area contributed by atoms with Crippen molar-refractivity contribution in [3.05, 3.63) is 0 Å². The van der Waals surface area contributed by atoms with Crippen molar-refractivity contribution in [1.82, 2.24) is 0 Å². The number of fused-ring (bicyclic) bond motifs is 2. The Morgan fingerprint density at radius 3 is 2.13 bits per heavy atom. The van der Waals surface area contributed by atoms with Gasteiger partial charge in [-0.25, -0.2) is 0 Å². The predicted octanol–water partition coefficient (Wildman–Crippen LogP) is -0.0380. The first-order valence-corrected chi connectivity index (χ1v) is 5.59. The van der Waals surface area contributed by atoms with Gasteiger partial charge in [0.15, 0.2) is 0 Å². The maximum Gasteiger partial charge on any atom is 0.310 e. The second-order valence-corrected chi connectivity index (χ2v) is 5.08. The van der Waals surface area contributed by atoms with Gasteiger partial charge in [-0.1, -0.05) is 13.8 Å². The summed E-state index contributed by atoms with van der Waals surface area (Å²) >= 11 is 0. The molecule has 0 radical (unpaired) electrons. The number of nitrogens with two attached hydrogens (primary N) is 2. The Hall–Kier alpha value is -0.610. The van der Waals surface area contributed by atoms with Crippen LogP contribution in [0.5, 0.6) is 0 Å². The van der Waals surface area contributed by atoms with Gasteiger partial charge in [-0.15, -0.1) is 0 Å². The van der Waals surface area contributed by atoms with Crippen molar-refractivity contribution >= 4 is 5.97 Å². The maximum absolute atomic E-state index is 11.7. The summed E-state index contributed by atoms with van der Waals surface area (Å²) in [7, 11) is 1.43. The number of esters is 1. The first-order chi connectivity index (χ1) is 7.00. The molecule has 0 aromatic carbocycles. The van der Waals surface area contributed by atoms with Gasteiger partial charge in [-0.05, 0) is 23.7 Å². The van der Waals surface area contributed by atoms with Gasteiger partial charge in [0, 0.05) is 12.1 Å². The zero-order chi connectivity index (χ0) is 11.3. The van der Waals surface area contributed by atoms with Crippen LogP contribution in [0.4, 0.5) is 0 Å². The van der Waals surface area contributed by atoms with Crippen LogP contribution in [0.3, 0.4) is 0 Å². The normalized spacial score (nSPS) is 53.3. The van der Waals surface area contributed by atoms with E-state index in [2.05, 4.69) is 13.8 Å². The van der Waals surface area contributed by atoms with E-state index in [9.17, 15) is 4.79 Å². The van der Waals surface area contributed by atoms with Gasteiger partial charge >= 0.3 is 5.97 Å². The summed E-state index contributed by atoms with van der Waals surface area (Å²) in [4.78, 5) is 11.7. The van der Waals surface area contributed by atoms with Crippen LogP contribution in [0.2, 0.25) is 0 Å². The molecule has 2 saturated carbocycles. The SMILES string of the molecule is COC(=O)[C@H]1C2C(C)C([C@H]1N)[C@H](N)[C@H]2C. The van der Waals surface area contributed by atoms with Crippen molar-refractivity contribution in [1.29, 1.82) is 0 Å². The maximum atomic E-state index is 11.7. The summed E-state index contributed by atoms with van der Waals surface area (Å²) < 4.78 is 4.83. The van der Waals surface area contributed by atoms with E-state index in [-0.39, 0.29) is 29.9 Å². The van der Waals surface area contributed by atoms with Crippen LogP contribution in [-0.2, 0) is 9.53 Å². The second kappa shape index (κ2) is 3.46. The molecule has 4 nitrogen and oxygen atoms in total. The summed E-state index contributed by atoms with van der Waals surface area (Å²) in [6.45, 7) is 4.27. The predicted molar refractivity (Wildman–Crippen MR) is 56.8 cm³/mol. The average molecular weight is 212 g/mol. The highest BCUT2D eigenvalue weighted by atomic mass is 16.5. The van der Waals surface area contributed by atoms with Gasteiger partial charge in [0.05, 0.1) is 13.0 Å². The highest BCUT2D eigenvalue weighted by Crippen LogP contribution is 2.54. The molecule has 0 heterocycles. The van der Waals surface area contributed by atoms with Gasteiger partial charge in [0.25, 0.3) is 0 Å². The van der Waals surface area contributed by atoms with E-state index in [1.807, 2.05) is 0 Å². The molecule has 0 spiro atoms. The van der Waals surface area contributed by atoms with Gasteiger partial charge in [-0.3, -0.25) is 4.79 Å². The molecule has 2 bridgehead atoms. The van der Waals surface area contributed by atoms with Crippen molar-refractivity contribution in [2.75, 3.05) is 7.11 Å². The Balaban J connectivity index is 2.28. The topological polar surface area (TPSA) is 78.3 Å². The molecule has 4 N–H and O–H groups in total. The zero-order valence-electron chi connectivity index (χ0n) is 9.51.